The minimum Gasteiger partial charge on any atom is -0.459 e. The second-order valence-electron chi connectivity index (χ2n) is 6.22. The molecule has 1 heterocycles. The van der Waals surface area contributed by atoms with Gasteiger partial charge in [-0.25, -0.2) is 0 Å². The molecule has 0 amide bonds. The normalized spacial score (nSPS) is 15.0. The van der Waals surface area contributed by atoms with Crippen molar-refractivity contribution in [3.63, 3.8) is 0 Å². The summed E-state index contributed by atoms with van der Waals surface area (Å²) in [4.78, 5) is 2.41. The molecule has 0 radical (unpaired) electrons. The minimum atomic E-state index is 0.230. The Hall–Kier alpha value is -1.32. The maximum absolute atomic E-state index is 6.03. The van der Waals surface area contributed by atoms with Crippen LogP contribution < -0.4 is 5.32 Å². The summed E-state index contributed by atoms with van der Waals surface area (Å²) in [7, 11) is 2.19. The number of fused-ring (bicyclic) bond motifs is 1. The van der Waals surface area contributed by atoms with Crippen molar-refractivity contribution in [2.75, 3.05) is 20.1 Å². The second kappa shape index (κ2) is 7.10. The van der Waals surface area contributed by atoms with E-state index in [0.29, 0.717) is 12.0 Å². The smallest absolute Gasteiger partial charge is 0.134 e. The van der Waals surface area contributed by atoms with E-state index in [4.69, 9.17) is 4.42 Å². The highest BCUT2D eigenvalue weighted by molar-refractivity contribution is 5.77. The lowest BCUT2D eigenvalue weighted by Crippen LogP contribution is -2.39. The Morgan fingerprint density at radius 1 is 1.19 bits per heavy atom. The summed E-state index contributed by atoms with van der Waals surface area (Å²) in [6.45, 7) is 10.8. The van der Waals surface area contributed by atoms with Crippen molar-refractivity contribution in [2.45, 2.75) is 39.8 Å². The Bertz CT molecular complexity index is 528. The van der Waals surface area contributed by atoms with Crippen LogP contribution in [-0.4, -0.2) is 31.1 Å². The third-order valence-electron chi connectivity index (χ3n) is 4.37. The number of likely N-dealkylation sites (N-methyl/N-ethyl adjacent to an activating group) is 2. The van der Waals surface area contributed by atoms with Crippen molar-refractivity contribution < 1.29 is 4.42 Å². The van der Waals surface area contributed by atoms with Gasteiger partial charge in [-0.1, -0.05) is 39.0 Å². The molecule has 1 aromatic heterocycles. The van der Waals surface area contributed by atoms with E-state index in [0.717, 1.165) is 24.4 Å². The average Bonchev–Trinajstić information content (AvgIpc) is 2.89. The van der Waals surface area contributed by atoms with Gasteiger partial charge in [0.15, 0.2) is 0 Å². The van der Waals surface area contributed by atoms with Gasteiger partial charge in [0.2, 0.25) is 0 Å². The number of benzene rings is 1. The Kier molecular flexibility index (Phi) is 5.43. The van der Waals surface area contributed by atoms with Gasteiger partial charge in [-0.3, -0.25) is 0 Å². The Balaban J connectivity index is 2.18. The van der Waals surface area contributed by atoms with Crippen LogP contribution in [0.15, 0.2) is 34.7 Å². The lowest BCUT2D eigenvalue weighted by molar-refractivity contribution is 0.182. The van der Waals surface area contributed by atoms with Gasteiger partial charge in [0.05, 0.1) is 6.04 Å². The van der Waals surface area contributed by atoms with E-state index in [9.17, 15) is 0 Å². The van der Waals surface area contributed by atoms with Crippen molar-refractivity contribution in [2.24, 2.45) is 5.92 Å². The Labute approximate surface area is 128 Å². The van der Waals surface area contributed by atoms with E-state index in [2.05, 4.69) is 63.2 Å². The third-order valence-corrected chi connectivity index (χ3v) is 4.37. The van der Waals surface area contributed by atoms with Crippen molar-refractivity contribution >= 4 is 11.0 Å². The summed E-state index contributed by atoms with van der Waals surface area (Å²) >= 11 is 0. The quantitative estimate of drug-likeness (QED) is 0.833. The molecule has 3 nitrogen and oxygen atoms in total. The fourth-order valence-corrected chi connectivity index (χ4v) is 2.64. The van der Waals surface area contributed by atoms with Crippen molar-refractivity contribution in [1.29, 1.82) is 0 Å². The summed E-state index contributed by atoms with van der Waals surface area (Å²) in [6, 6.07) is 11.1. The van der Waals surface area contributed by atoms with Crippen LogP contribution in [0.1, 0.15) is 39.5 Å². The topological polar surface area (TPSA) is 28.4 Å². The molecule has 1 N–H and O–H groups in total. The highest BCUT2D eigenvalue weighted by Gasteiger charge is 2.21. The SMILES string of the molecule is CCNC(CN(C)C(C)C(C)C)c1cc2ccccc2o1. The van der Waals surface area contributed by atoms with Crippen molar-refractivity contribution in [3.8, 4) is 0 Å². The summed E-state index contributed by atoms with van der Waals surface area (Å²) in [6.07, 6.45) is 0. The van der Waals surface area contributed by atoms with Crippen LogP contribution in [0.3, 0.4) is 0 Å². The van der Waals surface area contributed by atoms with Crippen LogP contribution in [0.5, 0.6) is 0 Å². The molecular formula is C18H28N2O. The Morgan fingerprint density at radius 2 is 1.90 bits per heavy atom. The largest absolute Gasteiger partial charge is 0.459 e. The van der Waals surface area contributed by atoms with Gasteiger partial charge in [-0.05, 0) is 38.6 Å². The molecule has 0 aliphatic heterocycles. The molecule has 0 aliphatic carbocycles. The molecule has 0 aliphatic rings. The predicted molar refractivity (Wildman–Crippen MR) is 89.6 cm³/mol. The van der Waals surface area contributed by atoms with E-state index in [-0.39, 0.29) is 6.04 Å². The van der Waals surface area contributed by atoms with Crippen LogP contribution in [0.2, 0.25) is 0 Å². The lowest BCUT2D eigenvalue weighted by Gasteiger charge is -2.31. The molecule has 0 fully saturated rings. The fourth-order valence-electron chi connectivity index (χ4n) is 2.64. The zero-order valence-corrected chi connectivity index (χ0v) is 13.9. The minimum absolute atomic E-state index is 0.230. The van der Waals surface area contributed by atoms with E-state index in [1.807, 2.05) is 12.1 Å². The number of hydrogen-bond acceptors (Lipinski definition) is 3. The first-order valence-electron chi connectivity index (χ1n) is 7.95. The summed E-state index contributed by atoms with van der Waals surface area (Å²) in [5.41, 5.74) is 0.968. The highest BCUT2D eigenvalue weighted by atomic mass is 16.3. The van der Waals surface area contributed by atoms with Gasteiger partial charge >= 0.3 is 0 Å². The van der Waals surface area contributed by atoms with Crippen LogP contribution in [0, 0.1) is 5.92 Å². The molecule has 0 bridgehead atoms. The van der Waals surface area contributed by atoms with Gasteiger partial charge in [-0.2, -0.15) is 0 Å². The monoisotopic (exact) mass is 288 g/mol. The predicted octanol–water partition coefficient (Wildman–Crippen LogP) is 4.06. The molecule has 0 spiro atoms. The molecule has 116 valence electrons. The maximum Gasteiger partial charge on any atom is 0.134 e. The Morgan fingerprint density at radius 3 is 2.52 bits per heavy atom. The van der Waals surface area contributed by atoms with Crippen molar-refractivity contribution in [1.82, 2.24) is 10.2 Å². The molecule has 2 aromatic rings. The molecule has 2 atom stereocenters. The molecule has 0 saturated heterocycles. The van der Waals surface area contributed by atoms with Crippen LogP contribution >= 0.6 is 0 Å². The maximum atomic E-state index is 6.03. The van der Waals surface area contributed by atoms with Gasteiger partial charge < -0.3 is 14.6 Å². The zero-order valence-electron chi connectivity index (χ0n) is 13.9. The van der Waals surface area contributed by atoms with Gasteiger partial charge in [0.1, 0.15) is 11.3 Å². The molecule has 0 saturated carbocycles. The lowest BCUT2D eigenvalue weighted by atomic mass is 10.0. The van der Waals surface area contributed by atoms with Crippen LogP contribution in [0.25, 0.3) is 11.0 Å². The van der Waals surface area contributed by atoms with E-state index in [1.54, 1.807) is 0 Å². The van der Waals surface area contributed by atoms with Crippen LogP contribution in [-0.2, 0) is 0 Å². The standard InChI is InChI=1S/C18H28N2O/c1-6-19-16(12-20(5)14(4)13(2)3)18-11-15-9-7-8-10-17(15)21-18/h7-11,13-14,16,19H,6,12H2,1-5H3. The number of furan rings is 1. The molecule has 2 unspecified atom stereocenters. The zero-order chi connectivity index (χ0) is 15.4. The number of nitrogens with zero attached hydrogens (tertiary/aromatic N) is 1. The van der Waals surface area contributed by atoms with Gasteiger partial charge in [0, 0.05) is 18.0 Å². The number of rotatable bonds is 7. The molecular weight excluding hydrogens is 260 g/mol. The van der Waals surface area contributed by atoms with Crippen LogP contribution in [0.4, 0.5) is 0 Å². The molecule has 3 heteroatoms. The first-order chi connectivity index (χ1) is 10.0. The summed E-state index contributed by atoms with van der Waals surface area (Å²) < 4.78 is 6.03. The molecule has 1 aromatic carbocycles. The van der Waals surface area contributed by atoms with Gasteiger partial charge in [-0.15, -0.1) is 0 Å². The summed E-state index contributed by atoms with van der Waals surface area (Å²) in [5, 5.41) is 4.73. The average molecular weight is 288 g/mol. The van der Waals surface area contributed by atoms with E-state index >= 15 is 0 Å². The first-order valence-corrected chi connectivity index (χ1v) is 7.95. The number of nitrogens with one attached hydrogen (secondary N) is 1. The molecule has 2 rings (SSSR count). The number of para-hydroxylation sites is 1. The fraction of sp³-hybridized carbons (Fsp3) is 0.556. The molecule has 21 heavy (non-hydrogen) atoms. The number of hydrogen-bond donors (Lipinski definition) is 1. The van der Waals surface area contributed by atoms with E-state index < -0.39 is 0 Å². The highest BCUT2D eigenvalue weighted by Crippen LogP contribution is 2.25. The van der Waals surface area contributed by atoms with E-state index in [1.165, 1.54) is 5.39 Å². The van der Waals surface area contributed by atoms with Gasteiger partial charge in [0.25, 0.3) is 0 Å². The second-order valence-corrected chi connectivity index (χ2v) is 6.22. The van der Waals surface area contributed by atoms with Crippen molar-refractivity contribution in [3.05, 3.63) is 36.1 Å². The third kappa shape index (κ3) is 3.86. The summed E-state index contributed by atoms with van der Waals surface area (Å²) in [5.74, 6) is 1.67. The first kappa shape index (κ1) is 16.1.